The van der Waals surface area contributed by atoms with E-state index in [0.29, 0.717) is 10.7 Å². The maximum atomic E-state index is 12.1. The number of aromatic nitrogens is 5. The molecule has 20 heavy (non-hydrogen) atoms. The minimum absolute atomic E-state index is 0.148. The molecule has 0 radical (unpaired) electrons. The molecule has 0 unspecified atom stereocenters. The van der Waals surface area contributed by atoms with E-state index in [1.54, 1.807) is 24.3 Å². The van der Waals surface area contributed by atoms with Gasteiger partial charge in [0.1, 0.15) is 6.33 Å². The number of hydrogen-bond acceptors (Lipinski definition) is 4. The van der Waals surface area contributed by atoms with Gasteiger partial charge in [-0.3, -0.25) is 9.36 Å². The Morgan fingerprint density at radius 3 is 2.75 bits per heavy atom. The van der Waals surface area contributed by atoms with Crippen LogP contribution in [0.3, 0.4) is 0 Å². The summed E-state index contributed by atoms with van der Waals surface area (Å²) in [4.78, 5) is 16.3. The minimum Gasteiger partial charge on any atom is -0.285 e. The Labute approximate surface area is 118 Å². The molecule has 0 aliphatic rings. The number of fused-ring (bicyclic) bond motifs is 1. The highest BCUT2D eigenvalue weighted by atomic mass is 35.5. The Balaban J connectivity index is 2.20. The minimum atomic E-state index is -0.312. The van der Waals surface area contributed by atoms with Gasteiger partial charge in [-0.2, -0.15) is 4.68 Å². The topological polar surface area (TPSA) is 65.6 Å². The van der Waals surface area contributed by atoms with Gasteiger partial charge in [0.25, 0.3) is 5.56 Å². The van der Waals surface area contributed by atoms with Gasteiger partial charge in [0.05, 0.1) is 12.2 Å². The third-order valence-corrected chi connectivity index (χ3v) is 3.01. The lowest BCUT2D eigenvalue weighted by Gasteiger charge is -2.02. The monoisotopic (exact) mass is 285 g/mol. The number of benzene rings is 1. The maximum absolute atomic E-state index is 12.1. The van der Waals surface area contributed by atoms with Gasteiger partial charge in [0.2, 0.25) is 0 Å². The number of halogens is 1. The SMILES string of the molecule is C#CCn1cnc2c(nnn2-c2ccc(Cl)cc2)c1=O. The summed E-state index contributed by atoms with van der Waals surface area (Å²) < 4.78 is 2.79. The van der Waals surface area contributed by atoms with Crippen LogP contribution in [0.2, 0.25) is 5.02 Å². The molecule has 0 aliphatic carbocycles. The second kappa shape index (κ2) is 4.79. The zero-order chi connectivity index (χ0) is 14.1. The van der Waals surface area contributed by atoms with Crippen molar-refractivity contribution in [1.82, 2.24) is 24.5 Å². The summed E-state index contributed by atoms with van der Waals surface area (Å²) in [6.45, 7) is 0.148. The molecule has 0 fully saturated rings. The van der Waals surface area contributed by atoms with E-state index in [2.05, 4.69) is 21.2 Å². The van der Waals surface area contributed by atoms with Crippen molar-refractivity contribution in [3.8, 4) is 18.0 Å². The molecule has 1 aromatic carbocycles. The molecule has 0 spiro atoms. The van der Waals surface area contributed by atoms with Crippen molar-refractivity contribution in [2.45, 2.75) is 6.54 Å². The van der Waals surface area contributed by atoms with E-state index >= 15 is 0 Å². The quantitative estimate of drug-likeness (QED) is 0.665. The number of rotatable bonds is 2. The maximum Gasteiger partial charge on any atom is 0.284 e. The Morgan fingerprint density at radius 1 is 1.30 bits per heavy atom. The van der Waals surface area contributed by atoms with E-state index in [0.717, 1.165) is 5.69 Å². The lowest BCUT2D eigenvalue weighted by molar-refractivity contribution is 0.778. The molecule has 3 rings (SSSR count). The molecule has 0 saturated carbocycles. The van der Waals surface area contributed by atoms with Crippen LogP contribution >= 0.6 is 11.6 Å². The third kappa shape index (κ3) is 1.94. The van der Waals surface area contributed by atoms with Crippen LogP contribution in [-0.4, -0.2) is 24.5 Å². The van der Waals surface area contributed by atoms with E-state index < -0.39 is 0 Å². The zero-order valence-corrected chi connectivity index (χ0v) is 10.9. The lowest BCUT2D eigenvalue weighted by atomic mass is 10.3. The Kier molecular flexibility index (Phi) is 2.97. The molecule has 98 valence electrons. The van der Waals surface area contributed by atoms with Crippen molar-refractivity contribution in [2.24, 2.45) is 0 Å². The van der Waals surface area contributed by atoms with Crippen LogP contribution in [-0.2, 0) is 6.54 Å². The first-order valence-electron chi connectivity index (χ1n) is 5.71. The first-order valence-corrected chi connectivity index (χ1v) is 6.09. The van der Waals surface area contributed by atoms with Gasteiger partial charge in [0, 0.05) is 5.02 Å². The van der Waals surface area contributed by atoms with Crippen LogP contribution < -0.4 is 5.56 Å². The van der Waals surface area contributed by atoms with E-state index in [1.807, 2.05) is 0 Å². The molecule has 3 aromatic rings. The molecule has 0 atom stereocenters. The third-order valence-electron chi connectivity index (χ3n) is 2.76. The standard InChI is InChI=1S/C13H8ClN5O/c1-2-7-18-8-15-12-11(13(18)20)16-17-19(12)10-5-3-9(14)4-6-10/h1,3-6,8H,7H2. The number of terminal acetylenes is 1. The Bertz CT molecular complexity index is 872. The fourth-order valence-electron chi connectivity index (χ4n) is 1.81. The summed E-state index contributed by atoms with van der Waals surface area (Å²) in [6.07, 6.45) is 6.58. The van der Waals surface area contributed by atoms with E-state index in [9.17, 15) is 4.79 Å². The van der Waals surface area contributed by atoms with Gasteiger partial charge >= 0.3 is 0 Å². The Hall–Kier alpha value is -2.65. The predicted octanol–water partition coefficient (Wildman–Crippen LogP) is 1.26. The summed E-state index contributed by atoms with van der Waals surface area (Å²) in [5, 5.41) is 8.44. The van der Waals surface area contributed by atoms with E-state index in [1.165, 1.54) is 15.6 Å². The average molecular weight is 286 g/mol. The van der Waals surface area contributed by atoms with Crippen LogP contribution in [0, 0.1) is 12.3 Å². The molecule has 0 aliphatic heterocycles. The number of nitrogens with zero attached hydrogens (tertiary/aromatic N) is 5. The van der Waals surface area contributed by atoms with Crippen LogP contribution in [0.4, 0.5) is 0 Å². The summed E-state index contributed by atoms with van der Waals surface area (Å²) in [5.41, 5.74) is 0.968. The summed E-state index contributed by atoms with van der Waals surface area (Å²) >= 11 is 5.84. The van der Waals surface area contributed by atoms with Gasteiger partial charge in [-0.1, -0.05) is 22.7 Å². The normalized spacial score (nSPS) is 10.6. The van der Waals surface area contributed by atoms with Crippen LogP contribution in [0.5, 0.6) is 0 Å². The van der Waals surface area contributed by atoms with E-state index in [4.69, 9.17) is 18.0 Å². The molecule has 0 amide bonds. The lowest BCUT2D eigenvalue weighted by Crippen LogP contribution is -2.20. The van der Waals surface area contributed by atoms with Gasteiger partial charge in [0.15, 0.2) is 11.2 Å². The van der Waals surface area contributed by atoms with Crippen LogP contribution in [0.1, 0.15) is 0 Å². The van der Waals surface area contributed by atoms with Crippen molar-refractivity contribution >= 4 is 22.8 Å². The van der Waals surface area contributed by atoms with Crippen molar-refractivity contribution in [2.75, 3.05) is 0 Å². The second-order valence-electron chi connectivity index (χ2n) is 4.03. The molecule has 0 N–H and O–H groups in total. The van der Waals surface area contributed by atoms with Crippen molar-refractivity contribution in [3.63, 3.8) is 0 Å². The first-order chi connectivity index (χ1) is 9.70. The molecular weight excluding hydrogens is 278 g/mol. The number of hydrogen-bond donors (Lipinski definition) is 0. The highest BCUT2D eigenvalue weighted by Gasteiger charge is 2.12. The molecule has 6 nitrogen and oxygen atoms in total. The predicted molar refractivity (Wildman–Crippen MR) is 74.8 cm³/mol. The molecule has 2 aromatic heterocycles. The van der Waals surface area contributed by atoms with Crippen LogP contribution in [0.15, 0.2) is 35.4 Å². The molecule has 0 bridgehead atoms. The Morgan fingerprint density at radius 2 is 2.05 bits per heavy atom. The summed E-state index contributed by atoms with van der Waals surface area (Å²) in [7, 11) is 0. The second-order valence-corrected chi connectivity index (χ2v) is 4.47. The van der Waals surface area contributed by atoms with Crippen molar-refractivity contribution < 1.29 is 0 Å². The van der Waals surface area contributed by atoms with Gasteiger partial charge in [-0.25, -0.2) is 4.98 Å². The molecule has 7 heteroatoms. The molecule has 0 saturated heterocycles. The fourth-order valence-corrected chi connectivity index (χ4v) is 1.94. The summed E-state index contributed by atoms with van der Waals surface area (Å²) in [5.74, 6) is 2.39. The molecular formula is C13H8ClN5O. The first kappa shape index (κ1) is 12.4. The summed E-state index contributed by atoms with van der Waals surface area (Å²) in [6, 6.07) is 6.99. The van der Waals surface area contributed by atoms with Gasteiger partial charge < -0.3 is 0 Å². The zero-order valence-electron chi connectivity index (χ0n) is 10.2. The van der Waals surface area contributed by atoms with Crippen LogP contribution in [0.25, 0.3) is 16.9 Å². The fraction of sp³-hybridized carbons (Fsp3) is 0.0769. The largest absolute Gasteiger partial charge is 0.285 e. The highest BCUT2D eigenvalue weighted by Crippen LogP contribution is 2.15. The van der Waals surface area contributed by atoms with Crippen molar-refractivity contribution in [1.29, 1.82) is 0 Å². The molecule has 2 heterocycles. The van der Waals surface area contributed by atoms with Gasteiger partial charge in [-0.05, 0) is 24.3 Å². The van der Waals surface area contributed by atoms with Crippen molar-refractivity contribution in [3.05, 3.63) is 46.0 Å². The van der Waals surface area contributed by atoms with E-state index in [-0.39, 0.29) is 17.6 Å². The highest BCUT2D eigenvalue weighted by molar-refractivity contribution is 6.30. The average Bonchev–Trinajstić information content (AvgIpc) is 2.88. The van der Waals surface area contributed by atoms with Gasteiger partial charge in [-0.15, -0.1) is 11.5 Å². The smallest absolute Gasteiger partial charge is 0.284 e.